The molecule has 0 N–H and O–H groups in total. The smallest absolute Gasteiger partial charge is 0.0716 e. The summed E-state index contributed by atoms with van der Waals surface area (Å²) in [4.78, 5) is 14.2. The van der Waals surface area contributed by atoms with E-state index in [4.69, 9.17) is 9.97 Å². The van der Waals surface area contributed by atoms with Gasteiger partial charge in [-0.25, -0.2) is 9.97 Å². The van der Waals surface area contributed by atoms with E-state index in [1.807, 2.05) is 12.1 Å². The maximum absolute atomic E-state index is 5.11. The van der Waals surface area contributed by atoms with E-state index in [9.17, 15) is 0 Å². The highest BCUT2D eigenvalue weighted by molar-refractivity contribution is 6.13. The zero-order valence-electron chi connectivity index (χ0n) is 21.6. The van der Waals surface area contributed by atoms with Crippen LogP contribution in [0.15, 0.2) is 140 Å². The van der Waals surface area contributed by atoms with Gasteiger partial charge in [0.1, 0.15) is 0 Å². The molecule has 0 bridgehead atoms. The van der Waals surface area contributed by atoms with Gasteiger partial charge in [0, 0.05) is 34.3 Å². The molecule has 0 aliphatic rings. The van der Waals surface area contributed by atoms with E-state index in [1.54, 1.807) is 12.4 Å². The van der Waals surface area contributed by atoms with Gasteiger partial charge in [-0.1, -0.05) is 78.9 Å². The summed E-state index contributed by atoms with van der Waals surface area (Å²) in [5.41, 5.74) is 8.40. The van der Waals surface area contributed by atoms with Crippen molar-refractivity contribution in [1.29, 1.82) is 0 Å². The molecule has 0 saturated carbocycles. The van der Waals surface area contributed by atoms with Crippen molar-refractivity contribution in [2.24, 2.45) is 0 Å². The minimum absolute atomic E-state index is 0.948. The molecule has 3 heteroatoms. The average molecular weight is 510 g/mol. The SMILES string of the molecule is c1ccc2c(c1)cc(-c1ccc3cc(-c4ccc5ccc(-c6ccncc6)nc5c4)ccc3n1)c1ccccc12. The maximum Gasteiger partial charge on any atom is 0.0716 e. The second-order valence-corrected chi connectivity index (χ2v) is 10.1. The van der Waals surface area contributed by atoms with E-state index < -0.39 is 0 Å². The Kier molecular flexibility index (Phi) is 5.14. The molecular formula is C37H23N3. The molecule has 0 aliphatic heterocycles. The summed E-state index contributed by atoms with van der Waals surface area (Å²) < 4.78 is 0. The molecule has 3 aromatic heterocycles. The van der Waals surface area contributed by atoms with Crippen LogP contribution in [0, 0.1) is 0 Å². The monoisotopic (exact) mass is 509 g/mol. The molecule has 3 nitrogen and oxygen atoms in total. The van der Waals surface area contributed by atoms with Gasteiger partial charge >= 0.3 is 0 Å². The number of hydrogen-bond donors (Lipinski definition) is 0. The lowest BCUT2D eigenvalue weighted by Crippen LogP contribution is -1.90. The van der Waals surface area contributed by atoms with Crippen LogP contribution in [0.1, 0.15) is 0 Å². The van der Waals surface area contributed by atoms with E-state index in [-0.39, 0.29) is 0 Å². The number of benzene rings is 5. The third-order valence-corrected chi connectivity index (χ3v) is 7.73. The highest BCUT2D eigenvalue weighted by Crippen LogP contribution is 2.35. The number of fused-ring (bicyclic) bond motifs is 5. The third kappa shape index (κ3) is 3.79. The largest absolute Gasteiger partial charge is 0.265 e. The van der Waals surface area contributed by atoms with Crippen molar-refractivity contribution in [3.05, 3.63) is 140 Å². The lowest BCUT2D eigenvalue weighted by molar-refractivity contribution is 1.31. The quantitative estimate of drug-likeness (QED) is 0.223. The summed E-state index contributed by atoms with van der Waals surface area (Å²) in [5.74, 6) is 0. The molecule has 0 radical (unpaired) electrons. The fraction of sp³-hybridized carbons (Fsp3) is 0. The van der Waals surface area contributed by atoms with Gasteiger partial charge in [0.05, 0.1) is 22.4 Å². The van der Waals surface area contributed by atoms with E-state index in [1.165, 1.54) is 21.5 Å². The zero-order valence-corrected chi connectivity index (χ0v) is 21.6. The van der Waals surface area contributed by atoms with Gasteiger partial charge in [-0.15, -0.1) is 0 Å². The molecular weight excluding hydrogens is 486 g/mol. The Labute approximate surface area is 231 Å². The molecule has 5 aromatic carbocycles. The number of aromatic nitrogens is 3. The first-order valence-corrected chi connectivity index (χ1v) is 13.4. The second kappa shape index (κ2) is 9.11. The van der Waals surface area contributed by atoms with Crippen LogP contribution < -0.4 is 0 Å². The summed E-state index contributed by atoms with van der Waals surface area (Å²) in [7, 11) is 0. The highest BCUT2D eigenvalue weighted by Gasteiger charge is 2.11. The summed E-state index contributed by atoms with van der Waals surface area (Å²) >= 11 is 0. The molecule has 0 saturated heterocycles. The van der Waals surface area contributed by atoms with E-state index >= 15 is 0 Å². The molecule has 8 rings (SSSR count). The van der Waals surface area contributed by atoms with Crippen LogP contribution in [0.25, 0.3) is 77.0 Å². The van der Waals surface area contributed by atoms with Crippen molar-refractivity contribution in [2.75, 3.05) is 0 Å². The van der Waals surface area contributed by atoms with E-state index in [0.717, 1.165) is 55.4 Å². The lowest BCUT2D eigenvalue weighted by atomic mass is 9.95. The van der Waals surface area contributed by atoms with Crippen LogP contribution in [0.5, 0.6) is 0 Å². The summed E-state index contributed by atoms with van der Waals surface area (Å²) in [5, 5.41) is 7.21. The molecule has 3 heterocycles. The maximum atomic E-state index is 5.11. The van der Waals surface area contributed by atoms with E-state index in [2.05, 4.69) is 120 Å². The Morgan fingerprint density at radius 1 is 0.375 bits per heavy atom. The fourth-order valence-corrected chi connectivity index (χ4v) is 5.70. The summed E-state index contributed by atoms with van der Waals surface area (Å²) in [6, 6.07) is 44.9. The first-order valence-electron chi connectivity index (χ1n) is 13.4. The Balaban J connectivity index is 1.21. The Bertz CT molecular complexity index is 2220. The summed E-state index contributed by atoms with van der Waals surface area (Å²) in [6.45, 7) is 0. The first kappa shape index (κ1) is 22.6. The van der Waals surface area contributed by atoms with Gasteiger partial charge in [0.15, 0.2) is 0 Å². The Morgan fingerprint density at radius 2 is 1.05 bits per heavy atom. The van der Waals surface area contributed by atoms with Crippen molar-refractivity contribution in [3.63, 3.8) is 0 Å². The number of nitrogens with zero attached hydrogens (tertiary/aromatic N) is 3. The molecule has 0 aliphatic carbocycles. The minimum Gasteiger partial charge on any atom is -0.265 e. The van der Waals surface area contributed by atoms with Gasteiger partial charge in [0.2, 0.25) is 0 Å². The van der Waals surface area contributed by atoms with Gasteiger partial charge < -0.3 is 0 Å². The first-order chi connectivity index (χ1) is 19.8. The van der Waals surface area contributed by atoms with Crippen LogP contribution in [-0.2, 0) is 0 Å². The highest BCUT2D eigenvalue weighted by atomic mass is 14.7. The van der Waals surface area contributed by atoms with Crippen molar-refractivity contribution < 1.29 is 0 Å². The fourth-order valence-electron chi connectivity index (χ4n) is 5.70. The van der Waals surface area contributed by atoms with Crippen LogP contribution in [0.2, 0.25) is 0 Å². The van der Waals surface area contributed by atoms with Crippen LogP contribution in [-0.4, -0.2) is 15.0 Å². The van der Waals surface area contributed by atoms with Crippen LogP contribution in [0.3, 0.4) is 0 Å². The predicted molar refractivity (Wildman–Crippen MR) is 166 cm³/mol. The van der Waals surface area contributed by atoms with Gasteiger partial charge in [-0.3, -0.25) is 4.98 Å². The molecule has 0 spiro atoms. The molecule has 40 heavy (non-hydrogen) atoms. The molecule has 0 atom stereocenters. The summed E-state index contributed by atoms with van der Waals surface area (Å²) in [6.07, 6.45) is 3.60. The molecule has 0 fully saturated rings. The zero-order chi connectivity index (χ0) is 26.5. The van der Waals surface area contributed by atoms with Gasteiger partial charge in [0.25, 0.3) is 0 Å². The van der Waals surface area contributed by atoms with Gasteiger partial charge in [-0.2, -0.15) is 0 Å². The average Bonchev–Trinajstić information content (AvgIpc) is 3.04. The second-order valence-electron chi connectivity index (χ2n) is 10.1. The van der Waals surface area contributed by atoms with Crippen molar-refractivity contribution >= 4 is 43.4 Å². The van der Waals surface area contributed by atoms with E-state index in [0.29, 0.717) is 0 Å². The Hall–Kier alpha value is -5.41. The van der Waals surface area contributed by atoms with Gasteiger partial charge in [-0.05, 0) is 81.2 Å². The lowest BCUT2D eigenvalue weighted by Gasteiger charge is -2.12. The standard InChI is InChI=1S/C37H23N3/c1-2-6-30-28(5-1)22-33(32-8-4-3-7-31(30)32)36-16-13-29-21-26(12-15-35(29)39-36)27-10-9-24-11-14-34(40-37(24)23-27)25-17-19-38-20-18-25/h1-23H. The van der Waals surface area contributed by atoms with Crippen LogP contribution >= 0.6 is 0 Å². The number of rotatable bonds is 3. The molecule has 8 aromatic rings. The Morgan fingerprint density at radius 3 is 1.95 bits per heavy atom. The number of pyridine rings is 3. The topological polar surface area (TPSA) is 38.7 Å². The molecule has 0 amide bonds. The molecule has 186 valence electrons. The normalized spacial score (nSPS) is 11.5. The number of hydrogen-bond acceptors (Lipinski definition) is 3. The predicted octanol–water partition coefficient (Wildman–Crippen LogP) is 9.49. The molecule has 0 unspecified atom stereocenters. The third-order valence-electron chi connectivity index (χ3n) is 7.73. The minimum atomic E-state index is 0.948. The van der Waals surface area contributed by atoms with Crippen LogP contribution in [0.4, 0.5) is 0 Å². The van der Waals surface area contributed by atoms with Crippen molar-refractivity contribution in [3.8, 4) is 33.6 Å². The van der Waals surface area contributed by atoms with Crippen molar-refractivity contribution in [1.82, 2.24) is 15.0 Å². The van der Waals surface area contributed by atoms with Crippen molar-refractivity contribution in [2.45, 2.75) is 0 Å².